The van der Waals surface area contributed by atoms with Crippen LogP contribution in [0.4, 0.5) is 4.39 Å². The molecule has 1 aliphatic heterocycles. The number of hydrogen-bond acceptors (Lipinski definition) is 3. The minimum absolute atomic E-state index is 0.188. The zero-order valence-corrected chi connectivity index (χ0v) is 11.1. The average molecular weight is 267 g/mol. The third kappa shape index (κ3) is 4.00. The lowest BCUT2D eigenvalue weighted by Gasteiger charge is -2.36. The van der Waals surface area contributed by atoms with Crippen LogP contribution in [0.1, 0.15) is 37.4 Å². The molecule has 2 rings (SSSR count). The Hall–Kier alpha value is -0.970. The summed E-state index contributed by atoms with van der Waals surface area (Å²) in [5.41, 5.74) is 0.745. The first-order chi connectivity index (χ1) is 9.20. The van der Waals surface area contributed by atoms with Crippen LogP contribution in [0.2, 0.25) is 0 Å². The van der Waals surface area contributed by atoms with Crippen LogP contribution in [-0.4, -0.2) is 40.9 Å². The second kappa shape index (κ2) is 6.98. The highest BCUT2D eigenvalue weighted by Gasteiger charge is 2.24. The molecule has 1 fully saturated rings. The largest absolute Gasteiger partial charge is 0.396 e. The molecule has 106 valence electrons. The molecular weight excluding hydrogens is 245 g/mol. The zero-order chi connectivity index (χ0) is 13.7. The Kier molecular flexibility index (Phi) is 5.31. The van der Waals surface area contributed by atoms with Crippen molar-refractivity contribution in [2.24, 2.45) is 0 Å². The lowest BCUT2D eigenvalue weighted by Crippen LogP contribution is -2.42. The maximum atomic E-state index is 12.9. The van der Waals surface area contributed by atoms with E-state index in [0.717, 1.165) is 31.4 Å². The molecule has 19 heavy (non-hydrogen) atoms. The van der Waals surface area contributed by atoms with Crippen molar-refractivity contribution in [2.75, 3.05) is 19.7 Å². The molecule has 0 amide bonds. The summed E-state index contributed by atoms with van der Waals surface area (Å²) in [7, 11) is 0. The molecule has 0 aliphatic carbocycles. The quantitative estimate of drug-likeness (QED) is 0.858. The van der Waals surface area contributed by atoms with E-state index in [1.165, 1.54) is 18.6 Å². The van der Waals surface area contributed by atoms with Gasteiger partial charge in [0.05, 0.1) is 6.10 Å². The van der Waals surface area contributed by atoms with Gasteiger partial charge in [0.2, 0.25) is 0 Å². The van der Waals surface area contributed by atoms with Gasteiger partial charge < -0.3 is 10.2 Å². The molecule has 0 aromatic heterocycles. The summed E-state index contributed by atoms with van der Waals surface area (Å²) >= 11 is 0. The van der Waals surface area contributed by atoms with Gasteiger partial charge in [0.25, 0.3) is 0 Å². The normalized spacial score (nSPS) is 22.4. The second-order valence-corrected chi connectivity index (χ2v) is 5.22. The fourth-order valence-electron chi connectivity index (χ4n) is 2.79. The molecule has 4 heteroatoms. The van der Waals surface area contributed by atoms with Gasteiger partial charge in [-0.2, -0.15) is 0 Å². The minimum Gasteiger partial charge on any atom is -0.396 e. The Bertz CT molecular complexity index is 380. The van der Waals surface area contributed by atoms with Crippen molar-refractivity contribution in [1.29, 1.82) is 0 Å². The smallest absolute Gasteiger partial charge is 0.123 e. The molecule has 0 saturated carbocycles. The Balaban J connectivity index is 1.96. The highest BCUT2D eigenvalue weighted by Crippen LogP contribution is 2.23. The first-order valence-electron chi connectivity index (χ1n) is 6.99. The molecule has 1 heterocycles. The molecule has 0 spiro atoms. The van der Waals surface area contributed by atoms with Gasteiger partial charge in [-0.05, 0) is 43.5 Å². The SMILES string of the molecule is OCCC1CCCCN1CC(O)c1ccc(F)cc1. The third-order valence-corrected chi connectivity index (χ3v) is 3.87. The van der Waals surface area contributed by atoms with E-state index < -0.39 is 6.10 Å². The molecule has 2 N–H and O–H groups in total. The molecule has 1 aromatic carbocycles. The van der Waals surface area contributed by atoms with E-state index in [1.54, 1.807) is 12.1 Å². The Morgan fingerprint density at radius 3 is 2.68 bits per heavy atom. The Morgan fingerprint density at radius 1 is 1.26 bits per heavy atom. The van der Waals surface area contributed by atoms with E-state index in [1.807, 2.05) is 0 Å². The Labute approximate surface area is 113 Å². The van der Waals surface area contributed by atoms with E-state index in [9.17, 15) is 9.50 Å². The molecule has 2 atom stereocenters. The van der Waals surface area contributed by atoms with Crippen LogP contribution >= 0.6 is 0 Å². The number of aliphatic hydroxyl groups is 2. The first kappa shape index (κ1) is 14.4. The van der Waals surface area contributed by atoms with Gasteiger partial charge in [0.1, 0.15) is 5.82 Å². The van der Waals surface area contributed by atoms with Crippen molar-refractivity contribution < 1.29 is 14.6 Å². The third-order valence-electron chi connectivity index (χ3n) is 3.87. The molecule has 1 aromatic rings. The van der Waals surface area contributed by atoms with Crippen LogP contribution in [-0.2, 0) is 0 Å². The predicted molar refractivity (Wildman–Crippen MR) is 72.3 cm³/mol. The summed E-state index contributed by atoms with van der Waals surface area (Å²) in [5.74, 6) is -0.285. The van der Waals surface area contributed by atoms with E-state index in [-0.39, 0.29) is 12.4 Å². The lowest BCUT2D eigenvalue weighted by molar-refractivity contribution is 0.0565. The average Bonchev–Trinajstić information content (AvgIpc) is 2.42. The van der Waals surface area contributed by atoms with E-state index in [0.29, 0.717) is 12.6 Å². The summed E-state index contributed by atoms with van der Waals surface area (Å²) < 4.78 is 12.9. The number of likely N-dealkylation sites (tertiary alicyclic amines) is 1. The molecule has 3 nitrogen and oxygen atoms in total. The topological polar surface area (TPSA) is 43.7 Å². The molecule has 1 saturated heterocycles. The van der Waals surface area contributed by atoms with Crippen molar-refractivity contribution in [3.8, 4) is 0 Å². The van der Waals surface area contributed by atoms with Crippen molar-refractivity contribution in [3.05, 3.63) is 35.6 Å². The fourth-order valence-corrected chi connectivity index (χ4v) is 2.79. The number of nitrogens with zero attached hydrogens (tertiary/aromatic N) is 1. The van der Waals surface area contributed by atoms with Crippen molar-refractivity contribution in [3.63, 3.8) is 0 Å². The molecule has 0 radical (unpaired) electrons. The number of aliphatic hydroxyl groups excluding tert-OH is 2. The summed E-state index contributed by atoms with van der Waals surface area (Å²) in [6.45, 7) is 1.70. The van der Waals surface area contributed by atoms with Gasteiger partial charge in [-0.1, -0.05) is 18.6 Å². The number of halogens is 1. The maximum Gasteiger partial charge on any atom is 0.123 e. The molecule has 1 aliphatic rings. The number of benzene rings is 1. The highest BCUT2D eigenvalue weighted by molar-refractivity contribution is 5.18. The van der Waals surface area contributed by atoms with Crippen molar-refractivity contribution in [1.82, 2.24) is 4.90 Å². The number of rotatable bonds is 5. The van der Waals surface area contributed by atoms with Crippen LogP contribution in [0.15, 0.2) is 24.3 Å². The van der Waals surface area contributed by atoms with Crippen LogP contribution < -0.4 is 0 Å². The fraction of sp³-hybridized carbons (Fsp3) is 0.600. The van der Waals surface area contributed by atoms with Gasteiger partial charge in [0.15, 0.2) is 0 Å². The van der Waals surface area contributed by atoms with Crippen molar-refractivity contribution >= 4 is 0 Å². The first-order valence-corrected chi connectivity index (χ1v) is 6.99. The lowest BCUT2D eigenvalue weighted by atomic mass is 9.98. The number of hydrogen-bond donors (Lipinski definition) is 2. The van der Waals surface area contributed by atoms with Crippen LogP contribution in [0.5, 0.6) is 0 Å². The Morgan fingerprint density at radius 2 is 2.00 bits per heavy atom. The van der Waals surface area contributed by atoms with Crippen LogP contribution in [0, 0.1) is 5.82 Å². The van der Waals surface area contributed by atoms with Gasteiger partial charge in [-0.3, -0.25) is 4.90 Å². The van der Waals surface area contributed by atoms with Crippen LogP contribution in [0.3, 0.4) is 0 Å². The van der Waals surface area contributed by atoms with Gasteiger partial charge >= 0.3 is 0 Å². The standard InChI is InChI=1S/C15H22FNO2/c16-13-6-4-12(5-7-13)15(19)11-17-9-2-1-3-14(17)8-10-18/h4-7,14-15,18-19H,1-3,8-11H2. The highest BCUT2D eigenvalue weighted by atomic mass is 19.1. The summed E-state index contributed by atoms with van der Waals surface area (Å²) in [5, 5.41) is 19.3. The minimum atomic E-state index is -0.597. The zero-order valence-electron chi connectivity index (χ0n) is 11.1. The molecule has 0 bridgehead atoms. The summed E-state index contributed by atoms with van der Waals surface area (Å²) in [6, 6.07) is 6.37. The maximum absolute atomic E-state index is 12.9. The van der Waals surface area contributed by atoms with Crippen LogP contribution in [0.25, 0.3) is 0 Å². The molecule has 2 unspecified atom stereocenters. The monoisotopic (exact) mass is 267 g/mol. The van der Waals surface area contributed by atoms with E-state index >= 15 is 0 Å². The number of piperidine rings is 1. The van der Waals surface area contributed by atoms with Crippen molar-refractivity contribution in [2.45, 2.75) is 37.8 Å². The molecular formula is C15H22FNO2. The summed E-state index contributed by atoms with van der Waals surface area (Å²) in [6.07, 6.45) is 3.57. The van der Waals surface area contributed by atoms with E-state index in [4.69, 9.17) is 5.11 Å². The van der Waals surface area contributed by atoms with Gasteiger partial charge in [-0.25, -0.2) is 4.39 Å². The van der Waals surface area contributed by atoms with Gasteiger partial charge in [-0.15, -0.1) is 0 Å². The summed E-state index contributed by atoms with van der Waals surface area (Å²) in [4.78, 5) is 2.24. The van der Waals surface area contributed by atoms with Gasteiger partial charge in [0, 0.05) is 19.2 Å². The second-order valence-electron chi connectivity index (χ2n) is 5.22. The predicted octanol–water partition coefficient (Wildman–Crippen LogP) is 2.10. The van der Waals surface area contributed by atoms with E-state index in [2.05, 4.69) is 4.90 Å². The number of β-amino-alcohol motifs (C(OH)–C–C–N with tert-alkyl or cyclic N) is 1.